The largest absolute Gasteiger partial charge is 0.507 e. The fraction of sp³-hybridized carbons (Fsp3) is 0.269. The van der Waals surface area contributed by atoms with Crippen molar-refractivity contribution in [3.05, 3.63) is 83.4 Å². The van der Waals surface area contributed by atoms with E-state index in [9.17, 15) is 14.7 Å². The van der Waals surface area contributed by atoms with Crippen LogP contribution in [0.15, 0.2) is 66.8 Å². The topological polar surface area (TPSA) is 95.7 Å². The molecule has 1 aliphatic rings. The van der Waals surface area contributed by atoms with Crippen LogP contribution in [0.4, 0.5) is 0 Å². The van der Waals surface area contributed by atoms with Crippen molar-refractivity contribution in [1.29, 1.82) is 0 Å². The minimum Gasteiger partial charge on any atom is -0.507 e. The van der Waals surface area contributed by atoms with E-state index in [4.69, 9.17) is 9.47 Å². The number of amides is 1. The van der Waals surface area contributed by atoms with Crippen LogP contribution in [-0.4, -0.2) is 47.4 Å². The summed E-state index contributed by atoms with van der Waals surface area (Å²) in [6.45, 7) is 2.93. The lowest BCUT2D eigenvalue weighted by molar-refractivity contribution is -0.695. The number of rotatable bonds is 8. The number of likely N-dealkylation sites (tertiary alicyclic amines) is 1. The molecule has 1 atom stereocenters. The van der Waals surface area contributed by atoms with Gasteiger partial charge >= 0.3 is 0 Å². The van der Waals surface area contributed by atoms with Crippen molar-refractivity contribution >= 4 is 17.4 Å². The highest BCUT2D eigenvalue weighted by atomic mass is 16.5. The summed E-state index contributed by atoms with van der Waals surface area (Å²) >= 11 is 0. The molecule has 0 saturated carbocycles. The Morgan fingerprint density at radius 1 is 1.12 bits per heavy atom. The maximum Gasteiger partial charge on any atom is 0.295 e. The molecule has 34 heavy (non-hydrogen) atoms. The molecule has 4 rings (SSSR count). The van der Waals surface area contributed by atoms with Crippen LogP contribution >= 0.6 is 0 Å². The van der Waals surface area contributed by atoms with Crippen molar-refractivity contribution in [2.45, 2.75) is 25.9 Å². The van der Waals surface area contributed by atoms with Gasteiger partial charge in [0, 0.05) is 30.2 Å². The number of hydrogen-bond acceptors (Lipinski definition) is 5. The van der Waals surface area contributed by atoms with Crippen molar-refractivity contribution in [2.75, 3.05) is 20.8 Å². The van der Waals surface area contributed by atoms with Crippen molar-refractivity contribution in [3.63, 3.8) is 0 Å². The van der Waals surface area contributed by atoms with Gasteiger partial charge < -0.3 is 19.5 Å². The fourth-order valence-electron chi connectivity index (χ4n) is 4.23. The number of methoxy groups -OCH3 is 2. The van der Waals surface area contributed by atoms with Crippen LogP contribution in [0, 0.1) is 6.92 Å². The van der Waals surface area contributed by atoms with Gasteiger partial charge in [0.2, 0.25) is 6.33 Å². The second-order valence-electron chi connectivity index (χ2n) is 8.17. The van der Waals surface area contributed by atoms with Gasteiger partial charge in [-0.1, -0.05) is 29.8 Å². The van der Waals surface area contributed by atoms with E-state index in [0.29, 0.717) is 42.1 Å². The van der Waals surface area contributed by atoms with Crippen LogP contribution in [-0.2, 0) is 16.1 Å². The van der Waals surface area contributed by atoms with Crippen LogP contribution in [0.5, 0.6) is 11.5 Å². The summed E-state index contributed by atoms with van der Waals surface area (Å²) in [6, 6.07) is 11.6. The van der Waals surface area contributed by atoms with Crippen molar-refractivity contribution in [3.8, 4) is 11.5 Å². The van der Waals surface area contributed by atoms with E-state index in [0.717, 1.165) is 5.56 Å². The number of aryl methyl sites for hydroxylation is 2. The van der Waals surface area contributed by atoms with Gasteiger partial charge in [0.05, 0.1) is 32.4 Å². The molecule has 1 saturated heterocycles. The average Bonchev–Trinajstić information content (AvgIpc) is 3.46. The molecular weight excluding hydrogens is 434 g/mol. The van der Waals surface area contributed by atoms with Gasteiger partial charge in [0.15, 0.2) is 0 Å². The maximum absolute atomic E-state index is 13.2. The lowest BCUT2D eigenvalue weighted by Gasteiger charge is -2.26. The summed E-state index contributed by atoms with van der Waals surface area (Å²) in [4.78, 5) is 30.9. The Labute approximate surface area is 198 Å². The predicted octanol–water partition coefficient (Wildman–Crippen LogP) is 3.14. The van der Waals surface area contributed by atoms with Crippen LogP contribution in [0.25, 0.3) is 5.76 Å². The highest BCUT2D eigenvalue weighted by Gasteiger charge is 2.46. The number of Topliss-reactive ketones (excluding diaryl/α,β-unsaturated/α-hetero) is 1. The Kier molecular flexibility index (Phi) is 6.67. The maximum atomic E-state index is 13.2. The van der Waals surface area contributed by atoms with Gasteiger partial charge in [0.25, 0.3) is 11.7 Å². The smallest absolute Gasteiger partial charge is 0.295 e. The Bertz CT molecular complexity index is 1220. The number of aliphatic hydroxyl groups excluding tert-OH is 1. The van der Waals surface area contributed by atoms with Crippen LogP contribution < -0.4 is 14.0 Å². The SMILES string of the molecule is COc1ccc(C2C(=C(O)c3ccc(C)cc3)C(=O)C(=O)N2CCC[n+]2cc[nH]c2)c(OC)c1. The number of H-pyrrole nitrogens is 1. The normalized spacial score (nSPS) is 17.3. The third-order valence-corrected chi connectivity index (χ3v) is 6.02. The van der Waals surface area contributed by atoms with Gasteiger partial charge in [0.1, 0.15) is 29.7 Å². The Balaban J connectivity index is 1.79. The zero-order valence-corrected chi connectivity index (χ0v) is 19.4. The first kappa shape index (κ1) is 23.1. The summed E-state index contributed by atoms with van der Waals surface area (Å²) in [5, 5.41) is 11.2. The average molecular weight is 463 g/mol. The number of ketones is 1. The molecule has 8 heteroatoms. The van der Waals surface area contributed by atoms with Gasteiger partial charge in [-0.15, -0.1) is 0 Å². The third-order valence-electron chi connectivity index (χ3n) is 6.02. The molecule has 1 fully saturated rings. The molecule has 2 N–H and O–H groups in total. The summed E-state index contributed by atoms with van der Waals surface area (Å²) < 4.78 is 12.9. The molecule has 8 nitrogen and oxygen atoms in total. The van der Waals surface area contributed by atoms with E-state index < -0.39 is 17.7 Å². The van der Waals surface area contributed by atoms with E-state index >= 15 is 0 Å². The van der Waals surface area contributed by atoms with E-state index in [1.54, 1.807) is 37.4 Å². The van der Waals surface area contributed by atoms with Crippen LogP contribution in [0.3, 0.4) is 0 Å². The number of benzene rings is 2. The predicted molar refractivity (Wildman–Crippen MR) is 125 cm³/mol. The lowest BCUT2D eigenvalue weighted by Crippen LogP contribution is -2.36. The molecule has 1 amide bonds. The number of imidazole rings is 1. The molecule has 176 valence electrons. The van der Waals surface area contributed by atoms with E-state index in [1.807, 2.05) is 42.3 Å². The summed E-state index contributed by atoms with van der Waals surface area (Å²) in [5.74, 6) is -0.513. The minimum absolute atomic E-state index is 0.0478. The van der Waals surface area contributed by atoms with Gasteiger partial charge in [-0.25, -0.2) is 4.57 Å². The molecule has 3 aromatic rings. The standard InChI is InChI=1S/C26H27N3O5/c1-17-5-7-18(8-6-17)24(30)22-23(20-10-9-19(33-2)15-21(20)34-3)29(26(32)25(22)31)13-4-12-28-14-11-27-16-28/h5-11,14-16,23H,4,12-13H2,1-3H3,(H,30,31)/p+1. The van der Waals surface area contributed by atoms with Gasteiger partial charge in [-0.3, -0.25) is 14.6 Å². The van der Waals surface area contributed by atoms with Gasteiger partial charge in [-0.2, -0.15) is 0 Å². The van der Waals surface area contributed by atoms with E-state index in [2.05, 4.69) is 4.98 Å². The number of nitrogens with one attached hydrogen (secondary N) is 1. The summed E-state index contributed by atoms with van der Waals surface area (Å²) in [5.41, 5.74) is 2.15. The highest BCUT2D eigenvalue weighted by molar-refractivity contribution is 6.46. The molecule has 2 aromatic carbocycles. The minimum atomic E-state index is -0.793. The zero-order chi connectivity index (χ0) is 24.2. The molecule has 0 bridgehead atoms. The van der Waals surface area contributed by atoms with Crippen LogP contribution in [0.2, 0.25) is 0 Å². The molecule has 1 aliphatic heterocycles. The first-order valence-corrected chi connectivity index (χ1v) is 11.0. The number of nitrogens with zero attached hydrogens (tertiary/aromatic N) is 2. The number of ether oxygens (including phenoxy) is 2. The molecular formula is C26H28N3O5+. The molecule has 0 radical (unpaired) electrons. The first-order valence-electron chi connectivity index (χ1n) is 11.0. The molecule has 1 unspecified atom stereocenters. The lowest BCUT2D eigenvalue weighted by atomic mass is 9.94. The monoisotopic (exact) mass is 462 g/mol. The first-order chi connectivity index (χ1) is 16.4. The fourth-order valence-corrected chi connectivity index (χ4v) is 4.23. The molecule has 2 heterocycles. The van der Waals surface area contributed by atoms with Crippen LogP contribution in [0.1, 0.15) is 29.2 Å². The number of aromatic amines is 1. The number of hydrogen-bond donors (Lipinski definition) is 2. The van der Waals surface area contributed by atoms with Crippen molar-refractivity contribution in [1.82, 2.24) is 9.88 Å². The van der Waals surface area contributed by atoms with Crippen molar-refractivity contribution < 1.29 is 28.7 Å². The third kappa shape index (κ3) is 4.39. The molecule has 1 aromatic heterocycles. The van der Waals surface area contributed by atoms with Gasteiger partial charge in [-0.05, 0) is 19.1 Å². The second kappa shape index (κ2) is 9.82. The van der Waals surface area contributed by atoms with Crippen molar-refractivity contribution in [2.24, 2.45) is 0 Å². The Morgan fingerprint density at radius 3 is 2.53 bits per heavy atom. The Hall–Kier alpha value is -4.07. The summed E-state index contributed by atoms with van der Waals surface area (Å²) in [6.07, 6.45) is 6.16. The van der Waals surface area contributed by atoms with E-state index in [1.165, 1.54) is 12.0 Å². The second-order valence-corrected chi connectivity index (χ2v) is 8.17. The zero-order valence-electron chi connectivity index (χ0n) is 19.4. The number of carbonyl (C=O) groups is 2. The number of aromatic nitrogens is 2. The highest BCUT2D eigenvalue weighted by Crippen LogP contribution is 2.43. The molecule has 0 spiro atoms. The number of carbonyl (C=O) groups excluding carboxylic acids is 2. The Morgan fingerprint density at radius 2 is 1.88 bits per heavy atom. The summed E-state index contributed by atoms with van der Waals surface area (Å²) in [7, 11) is 3.07. The number of aliphatic hydroxyl groups is 1. The quantitative estimate of drug-likeness (QED) is 0.232. The van der Waals surface area contributed by atoms with E-state index in [-0.39, 0.29) is 11.3 Å². The molecule has 0 aliphatic carbocycles.